The van der Waals surface area contributed by atoms with Crippen molar-refractivity contribution in [2.24, 2.45) is 0 Å². The molecule has 2 aliphatic rings. The van der Waals surface area contributed by atoms with Crippen molar-refractivity contribution in [2.75, 3.05) is 45.7 Å². The van der Waals surface area contributed by atoms with Crippen molar-refractivity contribution in [3.8, 4) is 11.5 Å². The molecule has 1 aromatic rings. The van der Waals surface area contributed by atoms with Crippen LogP contribution in [0.15, 0.2) is 17.0 Å². The van der Waals surface area contributed by atoms with E-state index in [2.05, 4.69) is 10.2 Å². The first-order chi connectivity index (χ1) is 13.2. The number of likely N-dealkylation sites (tertiary alicyclic amines) is 1. The Morgan fingerprint density at radius 1 is 1.11 bits per heavy atom. The molecule has 0 radical (unpaired) electrons. The number of carbonyl (C=O) groups excluding carboxylic acids is 1. The number of anilines is 1. The van der Waals surface area contributed by atoms with Gasteiger partial charge in [-0.3, -0.25) is 9.10 Å². The predicted octanol–water partition coefficient (Wildman–Crippen LogP) is 1.42. The number of rotatable bonds is 4. The minimum Gasteiger partial charge on any atom is -0.493 e. The van der Waals surface area contributed by atoms with Crippen LogP contribution in [0, 0.1) is 0 Å². The fourth-order valence-corrected chi connectivity index (χ4v) is 5.18. The van der Waals surface area contributed by atoms with Crippen LogP contribution in [0.2, 0.25) is 0 Å². The zero-order valence-corrected chi connectivity index (χ0v) is 17.7. The van der Waals surface area contributed by atoms with Crippen LogP contribution >= 0.6 is 0 Å². The Morgan fingerprint density at radius 3 is 2.25 bits per heavy atom. The highest BCUT2D eigenvalue weighted by Crippen LogP contribution is 2.44. The van der Waals surface area contributed by atoms with Crippen molar-refractivity contribution in [1.29, 1.82) is 0 Å². The van der Waals surface area contributed by atoms with E-state index in [4.69, 9.17) is 9.47 Å². The van der Waals surface area contributed by atoms with E-state index in [0.29, 0.717) is 28.3 Å². The van der Waals surface area contributed by atoms with E-state index in [0.717, 1.165) is 30.2 Å². The average molecular weight is 410 g/mol. The van der Waals surface area contributed by atoms with Gasteiger partial charge in [-0.15, -0.1) is 0 Å². The molecule has 1 fully saturated rings. The average Bonchev–Trinajstić information content (AvgIpc) is 2.67. The number of nitrogens with one attached hydrogen (secondary N) is 1. The van der Waals surface area contributed by atoms with E-state index in [1.807, 2.05) is 7.05 Å². The van der Waals surface area contributed by atoms with E-state index >= 15 is 0 Å². The van der Waals surface area contributed by atoms with Gasteiger partial charge in [0.05, 0.1) is 19.9 Å². The molecule has 0 bridgehead atoms. The Hall–Kier alpha value is -2.26. The Bertz CT molecular complexity index is 918. The monoisotopic (exact) mass is 409 g/mol. The quantitative estimate of drug-likeness (QED) is 0.809. The summed E-state index contributed by atoms with van der Waals surface area (Å²) < 4.78 is 38.0. The van der Waals surface area contributed by atoms with Gasteiger partial charge in [-0.1, -0.05) is 0 Å². The van der Waals surface area contributed by atoms with Crippen molar-refractivity contribution < 1.29 is 22.7 Å². The summed E-state index contributed by atoms with van der Waals surface area (Å²) in [6.07, 6.45) is 1.60. The highest BCUT2D eigenvalue weighted by Gasteiger charge is 2.39. The smallest absolute Gasteiger partial charge is 0.269 e. The van der Waals surface area contributed by atoms with Crippen LogP contribution in [0.4, 0.5) is 5.69 Å². The number of nitrogens with zero attached hydrogens (tertiary/aromatic N) is 2. The number of hydrogen-bond acceptors (Lipinski definition) is 6. The third-order valence-electron chi connectivity index (χ3n) is 5.46. The number of carbonyl (C=O) groups is 1. The number of ether oxygens (including phenoxy) is 2. The number of methoxy groups -OCH3 is 2. The number of hydrogen-bond donors (Lipinski definition) is 1. The van der Waals surface area contributed by atoms with Gasteiger partial charge < -0.3 is 19.7 Å². The molecule has 0 unspecified atom stereocenters. The summed E-state index contributed by atoms with van der Waals surface area (Å²) in [5.74, 6) is 0.345. The second kappa shape index (κ2) is 7.63. The van der Waals surface area contributed by atoms with Gasteiger partial charge in [-0.05, 0) is 51.5 Å². The van der Waals surface area contributed by atoms with Crippen LogP contribution in [-0.2, 0) is 14.8 Å². The Kier molecular flexibility index (Phi) is 5.58. The second-order valence-corrected chi connectivity index (χ2v) is 9.11. The van der Waals surface area contributed by atoms with Gasteiger partial charge in [-0.2, -0.15) is 0 Å². The lowest BCUT2D eigenvalue weighted by Crippen LogP contribution is -2.46. The maximum absolute atomic E-state index is 13.1. The molecular weight excluding hydrogens is 382 g/mol. The molecule has 8 nitrogen and oxygen atoms in total. The zero-order valence-electron chi connectivity index (χ0n) is 16.9. The van der Waals surface area contributed by atoms with Gasteiger partial charge >= 0.3 is 0 Å². The van der Waals surface area contributed by atoms with Crippen LogP contribution in [-0.4, -0.2) is 66.7 Å². The first-order valence-corrected chi connectivity index (χ1v) is 10.6. The number of sulfonamides is 1. The molecule has 2 aliphatic heterocycles. The molecule has 1 amide bonds. The van der Waals surface area contributed by atoms with Crippen LogP contribution in [0.25, 0.3) is 5.57 Å². The third-order valence-corrected chi connectivity index (χ3v) is 7.39. The molecule has 28 heavy (non-hydrogen) atoms. The Labute approximate surface area is 166 Å². The van der Waals surface area contributed by atoms with Crippen molar-refractivity contribution in [3.63, 3.8) is 0 Å². The SMILES string of the molecule is COc1cc2c(cc1OC)N(C)S(=O)(=O)C(C(=O)NC1CCN(C)CC1)=C2C. The molecule has 1 saturated heterocycles. The summed E-state index contributed by atoms with van der Waals surface area (Å²) in [5, 5.41) is 2.91. The van der Waals surface area contributed by atoms with E-state index in [-0.39, 0.29) is 10.9 Å². The number of fused-ring (bicyclic) bond motifs is 1. The minimum absolute atomic E-state index is 0.0312. The van der Waals surface area contributed by atoms with Crippen molar-refractivity contribution in [1.82, 2.24) is 10.2 Å². The molecule has 154 valence electrons. The van der Waals surface area contributed by atoms with Gasteiger partial charge in [0.1, 0.15) is 0 Å². The molecule has 0 saturated carbocycles. The standard InChI is InChI=1S/C19H27N3O5S/c1-12-14-10-16(26-4)17(27-5)11-15(14)22(3)28(24,25)18(12)19(23)20-13-6-8-21(2)9-7-13/h10-11,13H,6-9H2,1-5H3,(H,20,23). The summed E-state index contributed by atoms with van der Waals surface area (Å²) in [5.41, 5.74) is 1.48. The fourth-order valence-electron chi connectivity index (χ4n) is 3.70. The number of amides is 1. The first-order valence-electron chi connectivity index (χ1n) is 9.16. The van der Waals surface area contributed by atoms with Crippen molar-refractivity contribution in [3.05, 3.63) is 22.6 Å². The maximum Gasteiger partial charge on any atom is 0.269 e. The number of allylic oxidation sites excluding steroid dienone is 1. The van der Waals surface area contributed by atoms with E-state index in [1.54, 1.807) is 19.1 Å². The maximum atomic E-state index is 13.1. The van der Waals surface area contributed by atoms with Gasteiger partial charge in [0.2, 0.25) is 0 Å². The second-order valence-electron chi connectivity index (χ2n) is 7.20. The molecular formula is C19H27N3O5S. The first kappa shape index (κ1) is 20.5. The minimum atomic E-state index is -3.98. The molecule has 1 aromatic carbocycles. The highest BCUT2D eigenvalue weighted by atomic mass is 32.2. The molecule has 0 spiro atoms. The molecule has 0 aliphatic carbocycles. The molecule has 0 atom stereocenters. The van der Waals surface area contributed by atoms with E-state index in [1.165, 1.54) is 21.3 Å². The van der Waals surface area contributed by atoms with E-state index in [9.17, 15) is 13.2 Å². The van der Waals surface area contributed by atoms with Gasteiger partial charge in [0.25, 0.3) is 15.9 Å². The fraction of sp³-hybridized carbons (Fsp3) is 0.526. The number of piperidine rings is 1. The zero-order chi connectivity index (χ0) is 20.6. The lowest BCUT2D eigenvalue weighted by atomic mass is 10.0. The topological polar surface area (TPSA) is 88.2 Å². The molecule has 1 N–H and O–H groups in total. The molecule has 3 rings (SSSR count). The summed E-state index contributed by atoms with van der Waals surface area (Å²) in [7, 11) is 2.50. The Morgan fingerprint density at radius 2 is 1.68 bits per heavy atom. The predicted molar refractivity (Wildman–Crippen MR) is 108 cm³/mol. The van der Waals surface area contributed by atoms with Crippen LogP contribution in [0.1, 0.15) is 25.3 Å². The summed E-state index contributed by atoms with van der Waals surface area (Å²) in [6, 6.07) is 3.29. The van der Waals surface area contributed by atoms with Crippen LogP contribution < -0.4 is 19.1 Å². The third kappa shape index (κ3) is 3.44. The summed E-state index contributed by atoms with van der Waals surface area (Å²) in [4.78, 5) is 14.9. The van der Waals surface area contributed by atoms with Gasteiger partial charge in [0.15, 0.2) is 16.4 Å². The summed E-state index contributed by atoms with van der Waals surface area (Å²) >= 11 is 0. The van der Waals surface area contributed by atoms with Crippen LogP contribution in [0.5, 0.6) is 11.5 Å². The lowest BCUT2D eigenvalue weighted by Gasteiger charge is -2.32. The molecule has 9 heteroatoms. The summed E-state index contributed by atoms with van der Waals surface area (Å²) in [6.45, 7) is 3.39. The number of benzene rings is 1. The van der Waals surface area contributed by atoms with Crippen molar-refractivity contribution in [2.45, 2.75) is 25.8 Å². The Balaban J connectivity index is 2.03. The van der Waals surface area contributed by atoms with Gasteiger partial charge in [0, 0.05) is 24.7 Å². The van der Waals surface area contributed by atoms with Crippen LogP contribution in [0.3, 0.4) is 0 Å². The highest BCUT2D eigenvalue weighted by molar-refractivity contribution is 7.97. The molecule has 0 aromatic heterocycles. The van der Waals surface area contributed by atoms with Gasteiger partial charge in [-0.25, -0.2) is 8.42 Å². The lowest BCUT2D eigenvalue weighted by molar-refractivity contribution is -0.117. The molecule has 2 heterocycles. The van der Waals surface area contributed by atoms with E-state index < -0.39 is 15.9 Å². The van der Waals surface area contributed by atoms with Crippen molar-refractivity contribution >= 4 is 27.2 Å². The largest absolute Gasteiger partial charge is 0.493 e. The normalized spacial score (nSPS) is 20.0.